The Morgan fingerprint density at radius 2 is 1.52 bits per heavy atom. The van der Waals surface area contributed by atoms with E-state index in [9.17, 15) is 18.0 Å². The predicted octanol–water partition coefficient (Wildman–Crippen LogP) is 7.19. The number of aryl methyl sites for hydroxylation is 1. The van der Waals surface area contributed by atoms with Gasteiger partial charge in [-0.3, -0.25) is 13.9 Å². The van der Waals surface area contributed by atoms with Gasteiger partial charge < -0.3 is 10.2 Å². The predicted molar refractivity (Wildman–Crippen MR) is 181 cm³/mol. The molecule has 0 spiro atoms. The second-order valence-electron chi connectivity index (χ2n) is 11.1. The molecule has 11 heteroatoms. The van der Waals surface area contributed by atoms with Crippen molar-refractivity contribution >= 4 is 50.7 Å². The van der Waals surface area contributed by atoms with E-state index in [1.807, 2.05) is 51.1 Å². The first-order chi connectivity index (χ1) is 21.9. The van der Waals surface area contributed by atoms with Gasteiger partial charge in [0.2, 0.25) is 11.8 Å². The Balaban J connectivity index is 1.83. The maximum atomic E-state index is 15.3. The highest BCUT2D eigenvalue weighted by atomic mass is 35.5. The van der Waals surface area contributed by atoms with Crippen molar-refractivity contribution in [1.82, 2.24) is 10.2 Å². The molecule has 0 saturated heterocycles. The quantitative estimate of drug-likeness (QED) is 0.162. The van der Waals surface area contributed by atoms with Crippen LogP contribution in [-0.4, -0.2) is 43.8 Å². The highest BCUT2D eigenvalue weighted by Crippen LogP contribution is 2.28. The standard InChI is InChI=1S/C35H36Cl2FN3O4S/c1-4-25(3)39-35(43)33(21-26-10-6-5-7-11-26)40(22-27-16-19-29(36)30(37)20-27)34(42)23-41(32-13-9-8-12-31(32)38)46(44,45)28-17-14-24(2)15-18-28/h5-20,25,33H,4,21-23H2,1-3H3,(H,39,43)/t25-,33+/m1/s1. The fraction of sp³-hybridized carbons (Fsp3) is 0.257. The number of anilines is 1. The Morgan fingerprint density at radius 3 is 2.15 bits per heavy atom. The Morgan fingerprint density at radius 1 is 0.870 bits per heavy atom. The average molecular weight is 685 g/mol. The molecule has 4 rings (SSSR count). The summed E-state index contributed by atoms with van der Waals surface area (Å²) in [5.74, 6) is -1.95. The lowest BCUT2D eigenvalue weighted by molar-refractivity contribution is -0.140. The van der Waals surface area contributed by atoms with Crippen LogP contribution < -0.4 is 9.62 Å². The van der Waals surface area contributed by atoms with E-state index in [-0.39, 0.29) is 34.6 Å². The zero-order valence-corrected chi connectivity index (χ0v) is 28.1. The van der Waals surface area contributed by atoms with Crippen molar-refractivity contribution in [2.45, 2.75) is 57.1 Å². The van der Waals surface area contributed by atoms with Gasteiger partial charge in [-0.25, -0.2) is 12.8 Å². The maximum absolute atomic E-state index is 15.3. The molecule has 2 amide bonds. The van der Waals surface area contributed by atoms with Crippen LogP contribution in [0, 0.1) is 12.7 Å². The molecule has 0 unspecified atom stereocenters. The molecule has 0 saturated carbocycles. The van der Waals surface area contributed by atoms with Crippen molar-refractivity contribution in [3.05, 3.63) is 130 Å². The van der Waals surface area contributed by atoms with Gasteiger partial charge in [0.05, 0.1) is 20.6 Å². The van der Waals surface area contributed by atoms with E-state index in [0.717, 1.165) is 21.5 Å². The SMILES string of the molecule is CC[C@@H](C)NC(=O)[C@H](Cc1ccccc1)N(Cc1ccc(Cl)c(Cl)c1)C(=O)CN(c1ccccc1F)S(=O)(=O)c1ccc(C)cc1. The molecule has 0 aliphatic carbocycles. The largest absolute Gasteiger partial charge is 0.352 e. The van der Waals surface area contributed by atoms with Crippen molar-refractivity contribution in [2.24, 2.45) is 0 Å². The third-order valence-corrected chi connectivity index (χ3v) is 10.1. The van der Waals surface area contributed by atoms with Crippen molar-refractivity contribution in [1.29, 1.82) is 0 Å². The zero-order valence-electron chi connectivity index (χ0n) is 25.8. The molecule has 7 nitrogen and oxygen atoms in total. The number of para-hydroxylation sites is 1. The van der Waals surface area contributed by atoms with Gasteiger partial charge in [-0.15, -0.1) is 0 Å². The topological polar surface area (TPSA) is 86.8 Å². The van der Waals surface area contributed by atoms with Gasteiger partial charge >= 0.3 is 0 Å². The summed E-state index contributed by atoms with van der Waals surface area (Å²) < 4.78 is 44.1. The molecule has 46 heavy (non-hydrogen) atoms. The van der Waals surface area contributed by atoms with Crippen molar-refractivity contribution < 1.29 is 22.4 Å². The first-order valence-corrected chi connectivity index (χ1v) is 17.0. The van der Waals surface area contributed by atoms with Crippen LogP contribution >= 0.6 is 23.2 Å². The molecule has 1 N–H and O–H groups in total. The minimum absolute atomic E-state index is 0.100. The van der Waals surface area contributed by atoms with E-state index in [4.69, 9.17) is 23.2 Å². The third kappa shape index (κ3) is 8.66. The van der Waals surface area contributed by atoms with Gasteiger partial charge in [-0.1, -0.05) is 96.4 Å². The van der Waals surface area contributed by atoms with Gasteiger partial charge in [0.1, 0.15) is 18.4 Å². The van der Waals surface area contributed by atoms with Crippen molar-refractivity contribution in [3.8, 4) is 0 Å². The van der Waals surface area contributed by atoms with Crippen LogP contribution in [-0.2, 0) is 32.6 Å². The second kappa shape index (κ2) is 15.6. The van der Waals surface area contributed by atoms with Gasteiger partial charge in [0.15, 0.2) is 0 Å². The average Bonchev–Trinajstić information content (AvgIpc) is 3.04. The molecule has 242 valence electrons. The molecular weight excluding hydrogens is 648 g/mol. The second-order valence-corrected chi connectivity index (χ2v) is 13.7. The lowest BCUT2D eigenvalue weighted by Gasteiger charge is -2.34. The van der Waals surface area contributed by atoms with E-state index in [1.165, 1.54) is 35.2 Å². The fourth-order valence-electron chi connectivity index (χ4n) is 4.83. The summed E-state index contributed by atoms with van der Waals surface area (Å²) in [5.41, 5.74) is 1.89. The first-order valence-electron chi connectivity index (χ1n) is 14.8. The number of carbonyl (C=O) groups excluding carboxylic acids is 2. The molecule has 0 heterocycles. The number of benzene rings is 4. The molecule has 0 fully saturated rings. The first kappa shape index (κ1) is 34.9. The number of halogens is 3. The Bertz CT molecular complexity index is 1770. The van der Waals surface area contributed by atoms with Crippen LogP contribution in [0.15, 0.2) is 102 Å². The lowest BCUT2D eigenvalue weighted by atomic mass is 10.0. The van der Waals surface area contributed by atoms with Crippen LogP contribution in [0.25, 0.3) is 0 Å². The number of nitrogens with zero attached hydrogens (tertiary/aromatic N) is 2. The Labute approximate surface area is 280 Å². The number of nitrogens with one attached hydrogen (secondary N) is 1. The monoisotopic (exact) mass is 683 g/mol. The van der Waals surface area contributed by atoms with Crippen LogP contribution in [0.1, 0.15) is 37.0 Å². The number of amides is 2. The van der Waals surface area contributed by atoms with E-state index in [2.05, 4.69) is 5.32 Å². The Kier molecular flexibility index (Phi) is 11.8. The molecule has 4 aromatic rings. The van der Waals surface area contributed by atoms with Gasteiger partial charge in [0, 0.05) is 19.0 Å². The summed E-state index contributed by atoms with van der Waals surface area (Å²) in [5, 5.41) is 3.54. The van der Waals surface area contributed by atoms with Crippen LogP contribution in [0.4, 0.5) is 10.1 Å². The molecule has 0 aliphatic rings. The normalized spacial score (nSPS) is 12.7. The third-order valence-electron chi connectivity index (χ3n) is 7.62. The summed E-state index contributed by atoms with van der Waals surface area (Å²) in [4.78, 5) is 29.6. The smallest absolute Gasteiger partial charge is 0.264 e. The highest BCUT2D eigenvalue weighted by molar-refractivity contribution is 7.92. The van der Waals surface area contributed by atoms with Crippen molar-refractivity contribution in [3.63, 3.8) is 0 Å². The molecular formula is C35H36Cl2FN3O4S. The van der Waals surface area contributed by atoms with Gasteiger partial charge in [-0.2, -0.15) is 0 Å². The van der Waals surface area contributed by atoms with E-state index in [0.29, 0.717) is 17.0 Å². The summed E-state index contributed by atoms with van der Waals surface area (Å²) in [6.45, 7) is 4.72. The van der Waals surface area contributed by atoms with E-state index < -0.39 is 40.2 Å². The molecule has 0 aromatic heterocycles. The number of carbonyl (C=O) groups is 2. The summed E-state index contributed by atoms with van der Waals surface area (Å²) in [6.07, 6.45) is 0.793. The number of hydrogen-bond donors (Lipinski definition) is 1. The van der Waals surface area contributed by atoms with Gasteiger partial charge in [0.25, 0.3) is 10.0 Å². The molecule has 0 bridgehead atoms. The fourth-order valence-corrected chi connectivity index (χ4v) is 6.58. The summed E-state index contributed by atoms with van der Waals surface area (Å²) in [7, 11) is -4.43. The zero-order chi connectivity index (χ0) is 33.4. The minimum atomic E-state index is -4.43. The maximum Gasteiger partial charge on any atom is 0.264 e. The summed E-state index contributed by atoms with van der Waals surface area (Å²) in [6, 6.07) is 24.2. The number of hydrogen-bond acceptors (Lipinski definition) is 4. The van der Waals surface area contributed by atoms with Crippen LogP contribution in [0.3, 0.4) is 0 Å². The number of rotatable bonds is 13. The minimum Gasteiger partial charge on any atom is -0.352 e. The van der Waals surface area contributed by atoms with Crippen LogP contribution in [0.2, 0.25) is 10.0 Å². The van der Waals surface area contributed by atoms with E-state index in [1.54, 1.807) is 30.3 Å². The van der Waals surface area contributed by atoms with Crippen molar-refractivity contribution in [2.75, 3.05) is 10.8 Å². The van der Waals surface area contributed by atoms with Gasteiger partial charge in [-0.05, 0) is 67.8 Å². The highest BCUT2D eigenvalue weighted by Gasteiger charge is 2.35. The summed E-state index contributed by atoms with van der Waals surface area (Å²) >= 11 is 12.5. The van der Waals surface area contributed by atoms with E-state index >= 15 is 4.39 Å². The molecule has 2 atom stereocenters. The Hall–Kier alpha value is -3.92. The lowest BCUT2D eigenvalue weighted by Crippen LogP contribution is -2.54. The molecule has 4 aromatic carbocycles. The number of sulfonamides is 1. The molecule has 0 aliphatic heterocycles. The molecule has 0 radical (unpaired) electrons. The van der Waals surface area contributed by atoms with Crippen LogP contribution in [0.5, 0.6) is 0 Å².